The van der Waals surface area contributed by atoms with Crippen molar-refractivity contribution in [3.8, 4) is 0 Å². The molecule has 0 aliphatic heterocycles. The molecule has 0 atom stereocenters. The van der Waals surface area contributed by atoms with Crippen LogP contribution in [0.2, 0.25) is 10.3 Å². The number of Topliss-reactive ketones (excluding diaryl/α,β-unsaturated/α-hetero) is 1. The minimum Gasteiger partial charge on any atom is -0.462 e. The van der Waals surface area contributed by atoms with Crippen LogP contribution < -0.4 is 5.43 Å². The molecule has 0 saturated heterocycles. The number of esters is 1. The fraction of sp³-hybridized carbons (Fsp3) is 0.154. The number of rotatable bonds is 6. The summed E-state index contributed by atoms with van der Waals surface area (Å²) in [5.41, 5.74) is 1.83. The Kier molecular flexibility index (Phi) is 5.83. The van der Waals surface area contributed by atoms with Gasteiger partial charge in [0.15, 0.2) is 11.0 Å². The van der Waals surface area contributed by atoms with Gasteiger partial charge >= 0.3 is 5.97 Å². The summed E-state index contributed by atoms with van der Waals surface area (Å²) in [6.07, 6.45) is 3.65. The lowest BCUT2D eigenvalue weighted by Crippen LogP contribution is -2.20. The zero-order valence-corrected chi connectivity index (χ0v) is 13.7. The van der Waals surface area contributed by atoms with Gasteiger partial charge in [0.25, 0.3) is 0 Å². The number of hydrogen-bond donors (Lipinski definition) is 1. The van der Waals surface area contributed by atoms with Gasteiger partial charge in [0.05, 0.1) is 12.2 Å². The van der Waals surface area contributed by atoms with Crippen LogP contribution in [-0.4, -0.2) is 38.2 Å². The smallest absolute Gasteiger partial charge is 0.343 e. The Balaban J connectivity index is 2.39. The first-order chi connectivity index (χ1) is 11.4. The number of aromatic nitrogens is 4. The van der Waals surface area contributed by atoms with Crippen molar-refractivity contribution in [1.29, 1.82) is 0 Å². The molecule has 0 bridgehead atoms. The zero-order valence-electron chi connectivity index (χ0n) is 12.2. The van der Waals surface area contributed by atoms with E-state index in [9.17, 15) is 14.0 Å². The van der Waals surface area contributed by atoms with Gasteiger partial charge in [-0.3, -0.25) is 10.2 Å². The summed E-state index contributed by atoms with van der Waals surface area (Å²) >= 11 is 11.3. The Hall–Kier alpha value is -2.52. The molecule has 2 aromatic heterocycles. The van der Waals surface area contributed by atoms with E-state index < -0.39 is 28.3 Å². The van der Waals surface area contributed by atoms with Gasteiger partial charge < -0.3 is 4.74 Å². The second-order valence-corrected chi connectivity index (χ2v) is 4.92. The van der Waals surface area contributed by atoms with Crippen LogP contribution in [0.15, 0.2) is 30.5 Å². The minimum absolute atomic E-state index is 0.0387. The van der Waals surface area contributed by atoms with E-state index in [1.165, 1.54) is 17.3 Å². The summed E-state index contributed by atoms with van der Waals surface area (Å²) in [7, 11) is 0. The highest BCUT2D eigenvalue weighted by molar-refractivity contribution is 6.37. The van der Waals surface area contributed by atoms with E-state index in [2.05, 4.69) is 20.6 Å². The van der Waals surface area contributed by atoms with Crippen molar-refractivity contribution in [2.24, 2.45) is 0 Å². The molecule has 0 spiro atoms. The van der Waals surface area contributed by atoms with Gasteiger partial charge in [-0.15, -0.1) is 10.2 Å². The van der Waals surface area contributed by atoms with Crippen molar-refractivity contribution in [1.82, 2.24) is 19.9 Å². The highest BCUT2D eigenvalue weighted by Gasteiger charge is 2.25. The molecule has 0 aliphatic rings. The molecule has 0 saturated carbocycles. The topological polar surface area (TPSA) is 99.0 Å². The Labute approximate surface area is 145 Å². The molecule has 0 unspecified atom stereocenters. The quantitative estimate of drug-likeness (QED) is 0.206. The summed E-state index contributed by atoms with van der Waals surface area (Å²) in [5, 5.41) is 6.26. The average Bonchev–Trinajstić information content (AvgIpc) is 3.04. The molecule has 0 aromatic carbocycles. The van der Waals surface area contributed by atoms with E-state index in [0.717, 1.165) is 12.3 Å². The number of halogens is 3. The van der Waals surface area contributed by atoms with Gasteiger partial charge in [0.1, 0.15) is 23.4 Å². The molecule has 1 N–H and O–H groups in total. The van der Waals surface area contributed by atoms with Crippen molar-refractivity contribution in [3.05, 3.63) is 52.2 Å². The van der Waals surface area contributed by atoms with Crippen LogP contribution in [0.5, 0.6) is 0 Å². The first kappa shape index (κ1) is 17.8. The third kappa shape index (κ3) is 4.06. The van der Waals surface area contributed by atoms with Crippen LogP contribution in [0.1, 0.15) is 17.3 Å². The zero-order chi connectivity index (χ0) is 17.7. The summed E-state index contributed by atoms with van der Waals surface area (Å²) in [6.45, 7) is 1.61. The first-order valence-corrected chi connectivity index (χ1v) is 7.24. The number of ether oxygens (including phenoxy) is 1. The summed E-state index contributed by atoms with van der Waals surface area (Å²) in [5.74, 6) is -2.75. The normalized spacial score (nSPS) is 11.2. The first-order valence-electron chi connectivity index (χ1n) is 6.48. The molecule has 126 valence electrons. The van der Waals surface area contributed by atoms with Crippen LogP contribution in [-0.2, 0) is 9.53 Å². The Bertz CT molecular complexity index is 795. The molecule has 0 radical (unpaired) electrons. The van der Waals surface area contributed by atoms with E-state index in [0.29, 0.717) is 0 Å². The van der Waals surface area contributed by atoms with Crippen molar-refractivity contribution in [2.45, 2.75) is 6.92 Å². The lowest BCUT2D eigenvalue weighted by molar-refractivity contribution is -0.138. The number of nitrogens with one attached hydrogen (secondary N) is 1. The highest BCUT2D eigenvalue weighted by Crippen LogP contribution is 2.23. The number of pyridine rings is 1. The van der Waals surface area contributed by atoms with Gasteiger partial charge in [0.2, 0.25) is 5.78 Å². The fourth-order valence-corrected chi connectivity index (χ4v) is 1.99. The molecule has 2 rings (SSSR count). The van der Waals surface area contributed by atoms with Crippen molar-refractivity contribution in [3.63, 3.8) is 0 Å². The lowest BCUT2D eigenvalue weighted by atomic mass is 10.1. The van der Waals surface area contributed by atoms with Crippen molar-refractivity contribution < 1.29 is 18.7 Å². The maximum atomic E-state index is 13.6. The second-order valence-electron chi connectivity index (χ2n) is 4.21. The highest BCUT2D eigenvalue weighted by atomic mass is 35.5. The second kappa shape index (κ2) is 7.84. The van der Waals surface area contributed by atoms with E-state index in [4.69, 9.17) is 27.9 Å². The Morgan fingerprint density at radius 1 is 1.33 bits per heavy atom. The third-order valence-corrected chi connectivity index (χ3v) is 3.20. The Morgan fingerprint density at radius 2 is 2.00 bits per heavy atom. The van der Waals surface area contributed by atoms with Crippen LogP contribution in [0.25, 0.3) is 0 Å². The number of ketones is 1. The molecule has 2 heterocycles. The van der Waals surface area contributed by atoms with Crippen molar-refractivity contribution >= 4 is 35.0 Å². The molecule has 11 heteroatoms. The Morgan fingerprint density at radius 3 is 2.62 bits per heavy atom. The van der Waals surface area contributed by atoms with Gasteiger partial charge in [-0.05, 0) is 13.0 Å². The van der Waals surface area contributed by atoms with Crippen LogP contribution >= 0.6 is 23.2 Å². The number of carbonyl (C=O) groups is 2. The summed E-state index contributed by atoms with van der Waals surface area (Å²) < 4.78 is 19.7. The van der Waals surface area contributed by atoms with Crippen LogP contribution in [0, 0.1) is 5.82 Å². The maximum absolute atomic E-state index is 13.6. The third-order valence-electron chi connectivity index (χ3n) is 2.65. The van der Waals surface area contributed by atoms with E-state index >= 15 is 0 Å². The van der Waals surface area contributed by atoms with Gasteiger partial charge in [-0.1, -0.05) is 23.2 Å². The SMILES string of the molecule is CCOC(=O)C(=CNn1cnnc1)C(=O)c1cc(F)c(Cl)nc1Cl. The summed E-state index contributed by atoms with van der Waals surface area (Å²) in [4.78, 5) is 28.0. The van der Waals surface area contributed by atoms with Crippen LogP contribution in [0.4, 0.5) is 4.39 Å². The standard InChI is InChI=1S/C13H10Cl2FN5O3/c1-2-24-13(23)8(4-19-21-5-17-18-6-21)10(22)7-3-9(16)12(15)20-11(7)14/h3-6,19H,2H2,1H3. The predicted octanol–water partition coefficient (Wildman–Crippen LogP) is 1.99. The van der Waals surface area contributed by atoms with Crippen molar-refractivity contribution in [2.75, 3.05) is 12.0 Å². The van der Waals surface area contributed by atoms with Gasteiger partial charge in [-0.2, -0.15) is 0 Å². The molecule has 24 heavy (non-hydrogen) atoms. The average molecular weight is 374 g/mol. The fourth-order valence-electron chi connectivity index (χ4n) is 1.58. The van der Waals surface area contributed by atoms with Gasteiger partial charge in [-0.25, -0.2) is 18.8 Å². The van der Waals surface area contributed by atoms with Gasteiger partial charge in [0, 0.05) is 6.20 Å². The molecule has 8 nitrogen and oxygen atoms in total. The molecule has 0 amide bonds. The largest absolute Gasteiger partial charge is 0.462 e. The van der Waals surface area contributed by atoms with E-state index in [-0.39, 0.29) is 17.3 Å². The molecule has 0 fully saturated rings. The number of carbonyl (C=O) groups excluding carboxylic acids is 2. The van der Waals surface area contributed by atoms with E-state index in [1.807, 2.05) is 0 Å². The molecular formula is C13H10Cl2FN5O3. The number of hydrogen-bond acceptors (Lipinski definition) is 7. The van der Waals surface area contributed by atoms with Crippen LogP contribution in [0.3, 0.4) is 0 Å². The molecule has 0 aliphatic carbocycles. The molecule has 2 aromatic rings. The summed E-state index contributed by atoms with van der Waals surface area (Å²) in [6, 6.07) is 0.797. The number of nitrogens with zero attached hydrogens (tertiary/aromatic N) is 4. The minimum atomic E-state index is -0.945. The van der Waals surface area contributed by atoms with E-state index in [1.54, 1.807) is 6.92 Å². The maximum Gasteiger partial charge on any atom is 0.343 e. The monoisotopic (exact) mass is 373 g/mol. The predicted molar refractivity (Wildman–Crippen MR) is 82.6 cm³/mol. The lowest BCUT2D eigenvalue weighted by Gasteiger charge is -2.09. The molecular weight excluding hydrogens is 364 g/mol.